The van der Waals surface area contributed by atoms with E-state index >= 15 is 0 Å². The van der Waals surface area contributed by atoms with Gasteiger partial charge in [-0.2, -0.15) is 0 Å². The van der Waals surface area contributed by atoms with Gasteiger partial charge >= 0.3 is 0 Å². The minimum absolute atomic E-state index is 0.0228. The predicted octanol–water partition coefficient (Wildman–Crippen LogP) is 3.27. The molecule has 1 fully saturated rings. The minimum atomic E-state index is -0.734. The molecule has 1 aromatic carbocycles. The van der Waals surface area contributed by atoms with Crippen LogP contribution in [0.15, 0.2) is 46.2 Å². The van der Waals surface area contributed by atoms with Crippen LogP contribution in [-0.2, 0) is 14.3 Å². The lowest BCUT2D eigenvalue weighted by Crippen LogP contribution is -2.49. The molecular formula is C21H22BrFN2O3. The number of Topliss-reactive ketones (excluding diaryl/α,β-unsaturated/α-hetero) is 1. The molecule has 3 aliphatic rings. The molecule has 1 aliphatic carbocycles. The van der Waals surface area contributed by atoms with Gasteiger partial charge in [0.05, 0.1) is 19.1 Å². The Hall–Kier alpha value is -1.99. The number of allylic oxidation sites excluding steroid dienone is 2. The molecule has 0 saturated carbocycles. The van der Waals surface area contributed by atoms with Crippen LogP contribution in [0.5, 0.6) is 0 Å². The Balaban J connectivity index is 1.84. The number of carbonyl (C=O) groups is 2. The number of halogens is 2. The molecule has 148 valence electrons. The Labute approximate surface area is 171 Å². The first-order chi connectivity index (χ1) is 13.5. The van der Waals surface area contributed by atoms with E-state index in [1.165, 1.54) is 6.07 Å². The van der Waals surface area contributed by atoms with Crippen molar-refractivity contribution in [2.24, 2.45) is 5.92 Å². The summed E-state index contributed by atoms with van der Waals surface area (Å²) < 4.78 is 21.0. The number of ketones is 1. The normalized spacial score (nSPS) is 25.4. The second-order valence-electron chi connectivity index (χ2n) is 7.38. The predicted molar refractivity (Wildman–Crippen MR) is 106 cm³/mol. The van der Waals surface area contributed by atoms with E-state index in [0.29, 0.717) is 60.5 Å². The molecule has 4 rings (SSSR count). The maximum atomic E-state index is 14.9. The third-order valence-electron chi connectivity index (χ3n) is 5.67. The van der Waals surface area contributed by atoms with E-state index in [4.69, 9.17) is 4.74 Å². The summed E-state index contributed by atoms with van der Waals surface area (Å²) in [5.74, 6) is -2.00. The fourth-order valence-corrected chi connectivity index (χ4v) is 4.73. The van der Waals surface area contributed by atoms with Crippen LogP contribution in [0.25, 0.3) is 0 Å². The topological polar surface area (TPSA) is 58.6 Å². The van der Waals surface area contributed by atoms with Crippen LogP contribution < -0.4 is 5.32 Å². The Kier molecular flexibility index (Phi) is 5.38. The lowest BCUT2D eigenvalue weighted by Gasteiger charge is -2.41. The lowest BCUT2D eigenvalue weighted by atomic mass is 9.71. The molecule has 0 bridgehead atoms. The number of benzene rings is 1. The molecule has 5 nitrogen and oxygen atoms in total. The van der Waals surface area contributed by atoms with Gasteiger partial charge in [-0.25, -0.2) is 4.39 Å². The number of carbonyl (C=O) groups excluding carboxylic acids is 2. The number of amides is 1. The Morgan fingerprint density at radius 3 is 2.79 bits per heavy atom. The summed E-state index contributed by atoms with van der Waals surface area (Å²) in [7, 11) is 0. The summed E-state index contributed by atoms with van der Waals surface area (Å²) in [6, 6.07) is 4.66. The highest BCUT2D eigenvalue weighted by Crippen LogP contribution is 2.45. The third-order valence-corrected chi connectivity index (χ3v) is 6.16. The molecule has 1 aromatic rings. The molecule has 1 saturated heterocycles. The zero-order chi connectivity index (χ0) is 19.8. The molecule has 2 unspecified atom stereocenters. The SMILES string of the molecule is C=C1NC2=C(C(=O)CCC2)C(c2cc(Br)ccc2F)C1C(=O)N1CCOCC1. The van der Waals surface area contributed by atoms with Crippen molar-refractivity contribution in [3.05, 3.63) is 57.6 Å². The molecule has 0 radical (unpaired) electrons. The number of hydrogen-bond acceptors (Lipinski definition) is 4. The Morgan fingerprint density at radius 1 is 1.29 bits per heavy atom. The van der Waals surface area contributed by atoms with Gasteiger partial charge in [0.2, 0.25) is 5.91 Å². The summed E-state index contributed by atoms with van der Waals surface area (Å²) in [6.45, 7) is 6.00. The monoisotopic (exact) mass is 448 g/mol. The molecule has 2 aliphatic heterocycles. The van der Waals surface area contributed by atoms with Gasteiger partial charge < -0.3 is 15.0 Å². The van der Waals surface area contributed by atoms with Crippen molar-refractivity contribution in [2.75, 3.05) is 26.3 Å². The maximum absolute atomic E-state index is 14.9. The second-order valence-corrected chi connectivity index (χ2v) is 8.29. The van der Waals surface area contributed by atoms with Gasteiger partial charge in [-0.05, 0) is 36.6 Å². The first kappa shape index (κ1) is 19.3. The number of nitrogens with one attached hydrogen (secondary N) is 1. The van der Waals surface area contributed by atoms with Crippen LogP contribution in [0.1, 0.15) is 30.7 Å². The van der Waals surface area contributed by atoms with Gasteiger partial charge in [0, 0.05) is 46.9 Å². The van der Waals surface area contributed by atoms with Crippen molar-refractivity contribution in [3.63, 3.8) is 0 Å². The fraction of sp³-hybridized carbons (Fsp3) is 0.429. The summed E-state index contributed by atoms with van der Waals surface area (Å²) in [5, 5.41) is 3.20. The fourth-order valence-electron chi connectivity index (χ4n) is 4.35. The Bertz CT molecular complexity index is 876. The van der Waals surface area contributed by atoms with Gasteiger partial charge in [-0.3, -0.25) is 9.59 Å². The van der Waals surface area contributed by atoms with Gasteiger partial charge in [-0.1, -0.05) is 22.5 Å². The maximum Gasteiger partial charge on any atom is 0.232 e. The van der Waals surface area contributed by atoms with Crippen LogP contribution in [0.3, 0.4) is 0 Å². The Morgan fingerprint density at radius 2 is 2.04 bits per heavy atom. The summed E-state index contributed by atoms with van der Waals surface area (Å²) in [6.07, 6.45) is 1.86. The second kappa shape index (κ2) is 7.79. The minimum Gasteiger partial charge on any atom is -0.378 e. The number of morpholine rings is 1. The van der Waals surface area contributed by atoms with Crippen LogP contribution in [-0.4, -0.2) is 42.9 Å². The van der Waals surface area contributed by atoms with E-state index in [-0.39, 0.29) is 11.7 Å². The van der Waals surface area contributed by atoms with Crippen molar-refractivity contribution in [3.8, 4) is 0 Å². The van der Waals surface area contributed by atoms with E-state index in [1.54, 1.807) is 17.0 Å². The number of nitrogens with zero attached hydrogens (tertiary/aromatic N) is 1. The zero-order valence-corrected chi connectivity index (χ0v) is 17.1. The molecule has 2 atom stereocenters. The van der Waals surface area contributed by atoms with E-state index in [2.05, 4.69) is 27.8 Å². The first-order valence-corrected chi connectivity index (χ1v) is 10.3. The molecule has 0 spiro atoms. The molecular weight excluding hydrogens is 427 g/mol. The molecule has 0 aromatic heterocycles. The number of ether oxygens (including phenoxy) is 1. The smallest absolute Gasteiger partial charge is 0.232 e. The largest absolute Gasteiger partial charge is 0.378 e. The van der Waals surface area contributed by atoms with E-state index in [1.807, 2.05) is 0 Å². The van der Waals surface area contributed by atoms with Gasteiger partial charge in [0.25, 0.3) is 0 Å². The average Bonchev–Trinajstić information content (AvgIpc) is 2.69. The summed E-state index contributed by atoms with van der Waals surface area (Å²) >= 11 is 3.40. The van der Waals surface area contributed by atoms with Crippen LogP contribution in [0.2, 0.25) is 0 Å². The summed E-state index contributed by atoms with van der Waals surface area (Å²) in [4.78, 5) is 28.0. The van der Waals surface area contributed by atoms with Crippen molar-refractivity contribution in [1.82, 2.24) is 10.2 Å². The summed E-state index contributed by atoms with van der Waals surface area (Å²) in [5.41, 5.74) is 2.18. The average molecular weight is 449 g/mol. The highest BCUT2D eigenvalue weighted by Gasteiger charge is 2.45. The van der Waals surface area contributed by atoms with Gasteiger partial charge in [0.15, 0.2) is 5.78 Å². The highest BCUT2D eigenvalue weighted by atomic mass is 79.9. The van der Waals surface area contributed by atoms with Crippen molar-refractivity contribution < 1.29 is 18.7 Å². The van der Waals surface area contributed by atoms with Crippen molar-refractivity contribution in [1.29, 1.82) is 0 Å². The van der Waals surface area contributed by atoms with Gasteiger partial charge in [-0.15, -0.1) is 0 Å². The number of rotatable bonds is 2. The van der Waals surface area contributed by atoms with Crippen molar-refractivity contribution >= 4 is 27.6 Å². The van der Waals surface area contributed by atoms with Crippen LogP contribution in [0.4, 0.5) is 4.39 Å². The number of hydrogen-bond donors (Lipinski definition) is 1. The molecule has 28 heavy (non-hydrogen) atoms. The van der Waals surface area contributed by atoms with Crippen LogP contribution in [0, 0.1) is 11.7 Å². The highest BCUT2D eigenvalue weighted by molar-refractivity contribution is 9.10. The first-order valence-electron chi connectivity index (χ1n) is 9.51. The van der Waals surface area contributed by atoms with Gasteiger partial charge in [0.1, 0.15) is 5.82 Å². The van der Waals surface area contributed by atoms with E-state index in [9.17, 15) is 14.0 Å². The third kappa shape index (κ3) is 3.42. The lowest BCUT2D eigenvalue weighted by molar-refractivity contribution is -0.139. The molecule has 1 amide bonds. The van der Waals surface area contributed by atoms with Crippen LogP contribution >= 0.6 is 15.9 Å². The van der Waals surface area contributed by atoms with E-state index in [0.717, 1.165) is 12.1 Å². The molecule has 2 heterocycles. The zero-order valence-electron chi connectivity index (χ0n) is 15.5. The quantitative estimate of drug-likeness (QED) is 0.753. The van der Waals surface area contributed by atoms with E-state index < -0.39 is 17.7 Å². The van der Waals surface area contributed by atoms with Crippen molar-refractivity contribution in [2.45, 2.75) is 25.2 Å². The molecule has 7 heteroatoms. The standard InChI is InChI=1S/C21H22BrFN2O3/c1-12-18(21(27)25-7-9-28-10-8-25)19(14-11-13(22)5-6-15(14)23)20-16(24-12)3-2-4-17(20)26/h5-6,11,18-19,24H,1-4,7-10H2. The molecule has 1 N–H and O–H groups in total.